The summed E-state index contributed by atoms with van der Waals surface area (Å²) in [5, 5.41) is 8.56. The van der Waals surface area contributed by atoms with Crippen molar-refractivity contribution >= 4 is 29.9 Å². The summed E-state index contributed by atoms with van der Waals surface area (Å²) < 4.78 is 5.23. The average Bonchev–Trinajstić information content (AvgIpc) is 2.75. The van der Waals surface area contributed by atoms with Crippen LogP contribution in [0.25, 0.3) is 0 Å². The van der Waals surface area contributed by atoms with Crippen LogP contribution in [0.2, 0.25) is 5.02 Å². The lowest BCUT2D eigenvalue weighted by atomic mass is 9.68. The van der Waals surface area contributed by atoms with Gasteiger partial charge in [-0.3, -0.25) is 4.79 Å². The largest absolute Gasteiger partial charge is 0.383 e. The fourth-order valence-electron chi connectivity index (χ4n) is 4.10. The number of nitrogens with two attached hydrogens (primary N) is 1. The number of benzene rings is 1. The number of halogens is 2. The van der Waals surface area contributed by atoms with Gasteiger partial charge in [-0.25, -0.2) is 0 Å². The zero-order valence-corrected chi connectivity index (χ0v) is 18.2. The zero-order valence-electron chi connectivity index (χ0n) is 16.6. The number of hydrogen-bond acceptors (Lipinski definition) is 5. The molecule has 29 heavy (non-hydrogen) atoms. The summed E-state index contributed by atoms with van der Waals surface area (Å²) in [5.41, 5.74) is 7.67. The van der Waals surface area contributed by atoms with Crippen LogP contribution in [0.1, 0.15) is 41.7 Å². The number of methoxy groups -OCH3 is 1. The maximum absolute atomic E-state index is 13.0. The first-order chi connectivity index (χ1) is 13.6. The van der Waals surface area contributed by atoms with Crippen LogP contribution in [0, 0.1) is 0 Å². The Labute approximate surface area is 183 Å². The van der Waals surface area contributed by atoms with Gasteiger partial charge >= 0.3 is 0 Å². The topological polar surface area (TPSA) is 81.3 Å². The Bertz CT molecular complexity index is 783. The number of carbonyl (C=O) groups excluding carboxylic acids is 1. The third kappa shape index (κ3) is 5.45. The lowest BCUT2D eigenvalue weighted by Crippen LogP contribution is -2.48. The molecule has 3 rings (SSSR count). The second kappa shape index (κ2) is 10.9. The average molecular weight is 439 g/mol. The Hall–Kier alpha value is -1.73. The molecule has 0 aliphatic heterocycles. The molecule has 1 amide bonds. The quantitative estimate of drug-likeness (QED) is 0.715. The molecule has 1 aromatic heterocycles. The fourth-order valence-corrected chi connectivity index (χ4v) is 4.29. The van der Waals surface area contributed by atoms with Crippen LogP contribution < -0.4 is 5.73 Å². The van der Waals surface area contributed by atoms with Crippen LogP contribution in [-0.2, 0) is 10.2 Å². The van der Waals surface area contributed by atoms with Crippen LogP contribution in [0.3, 0.4) is 0 Å². The molecule has 1 aliphatic carbocycles. The lowest BCUT2D eigenvalue weighted by Gasteiger charge is -2.43. The molecule has 0 radical (unpaired) electrons. The first-order valence-corrected chi connectivity index (χ1v) is 10.0. The van der Waals surface area contributed by atoms with Gasteiger partial charge in [-0.1, -0.05) is 23.7 Å². The van der Waals surface area contributed by atoms with Crippen molar-refractivity contribution in [3.8, 4) is 0 Å². The van der Waals surface area contributed by atoms with Crippen LogP contribution in [0.15, 0.2) is 42.6 Å². The van der Waals surface area contributed by atoms with E-state index in [1.165, 1.54) is 5.56 Å². The molecule has 0 bridgehead atoms. The molecule has 0 saturated heterocycles. The molecule has 1 aliphatic rings. The zero-order chi connectivity index (χ0) is 20.0. The van der Waals surface area contributed by atoms with E-state index in [1.54, 1.807) is 25.4 Å². The Kier molecular flexibility index (Phi) is 8.83. The Morgan fingerprint density at radius 1 is 1.31 bits per heavy atom. The van der Waals surface area contributed by atoms with Crippen molar-refractivity contribution < 1.29 is 9.53 Å². The molecule has 0 atom stereocenters. The molecular formula is C21H28Cl2N4O2. The summed E-state index contributed by atoms with van der Waals surface area (Å²) in [6.45, 7) is 1.58. The normalized spacial score (nSPS) is 21.3. The molecule has 0 spiro atoms. The molecule has 0 unspecified atom stereocenters. The van der Waals surface area contributed by atoms with Crippen molar-refractivity contribution in [3.63, 3.8) is 0 Å². The van der Waals surface area contributed by atoms with E-state index < -0.39 is 0 Å². The van der Waals surface area contributed by atoms with Crippen molar-refractivity contribution in [3.05, 3.63) is 58.9 Å². The molecule has 1 aromatic carbocycles. The van der Waals surface area contributed by atoms with Gasteiger partial charge in [0.05, 0.1) is 6.61 Å². The Morgan fingerprint density at radius 2 is 2.07 bits per heavy atom. The molecule has 1 saturated carbocycles. The van der Waals surface area contributed by atoms with Gasteiger partial charge in [0.25, 0.3) is 5.91 Å². The van der Waals surface area contributed by atoms with Gasteiger partial charge in [0.15, 0.2) is 5.69 Å². The van der Waals surface area contributed by atoms with E-state index in [4.69, 9.17) is 22.1 Å². The molecular weight excluding hydrogens is 411 g/mol. The first kappa shape index (κ1) is 23.5. The van der Waals surface area contributed by atoms with Crippen molar-refractivity contribution in [2.75, 3.05) is 26.8 Å². The van der Waals surface area contributed by atoms with Crippen molar-refractivity contribution in [1.29, 1.82) is 0 Å². The second-order valence-corrected chi connectivity index (χ2v) is 7.76. The number of nitrogens with zero attached hydrogens (tertiary/aromatic N) is 3. The number of ether oxygens (including phenoxy) is 1. The van der Waals surface area contributed by atoms with Crippen molar-refractivity contribution in [2.45, 2.75) is 37.1 Å². The standard InChI is InChI=1S/C21H27ClN4O2.ClH/c1-28-13-12-26(20(27)19-6-3-11-24-25-19)18-7-9-21(15-23,10-8-18)16-4-2-5-17(22)14-16;/h2-6,11,14,18H,7-10,12-13,15,23H2,1H3;1H. The molecule has 2 aromatic rings. The highest BCUT2D eigenvalue weighted by molar-refractivity contribution is 6.30. The SMILES string of the molecule is COCCN(C(=O)c1cccnn1)C1CCC(CN)(c2cccc(Cl)c2)CC1.Cl. The molecule has 1 fully saturated rings. The van der Waals surface area contributed by atoms with Crippen LogP contribution >= 0.6 is 24.0 Å². The van der Waals surface area contributed by atoms with Gasteiger partial charge in [0, 0.05) is 42.9 Å². The van der Waals surface area contributed by atoms with Gasteiger partial charge in [-0.15, -0.1) is 17.5 Å². The summed E-state index contributed by atoms with van der Waals surface area (Å²) in [5.74, 6) is -0.0989. The third-order valence-corrected chi connectivity index (χ3v) is 6.00. The van der Waals surface area contributed by atoms with E-state index in [1.807, 2.05) is 23.1 Å². The van der Waals surface area contributed by atoms with Crippen molar-refractivity contribution in [2.24, 2.45) is 5.73 Å². The molecule has 6 nitrogen and oxygen atoms in total. The predicted octanol–water partition coefficient (Wildman–Crippen LogP) is 3.48. The lowest BCUT2D eigenvalue weighted by molar-refractivity contribution is 0.0501. The fraction of sp³-hybridized carbons (Fsp3) is 0.476. The monoisotopic (exact) mass is 438 g/mol. The highest BCUT2D eigenvalue weighted by Crippen LogP contribution is 2.41. The first-order valence-electron chi connectivity index (χ1n) is 9.63. The number of rotatable bonds is 7. The summed E-state index contributed by atoms with van der Waals surface area (Å²) >= 11 is 6.21. The highest BCUT2D eigenvalue weighted by atomic mass is 35.5. The Morgan fingerprint density at radius 3 is 2.66 bits per heavy atom. The second-order valence-electron chi connectivity index (χ2n) is 7.33. The minimum absolute atomic E-state index is 0. The van der Waals surface area contributed by atoms with E-state index in [0.717, 1.165) is 30.7 Å². The minimum atomic E-state index is -0.0989. The predicted molar refractivity (Wildman–Crippen MR) is 117 cm³/mol. The number of hydrogen-bond donors (Lipinski definition) is 1. The van der Waals surface area contributed by atoms with Gasteiger partial charge in [-0.05, 0) is 55.5 Å². The van der Waals surface area contributed by atoms with Gasteiger partial charge in [0.1, 0.15) is 0 Å². The summed E-state index contributed by atoms with van der Waals surface area (Å²) in [7, 11) is 1.64. The van der Waals surface area contributed by atoms with Crippen LogP contribution in [0.5, 0.6) is 0 Å². The van der Waals surface area contributed by atoms with Gasteiger partial charge in [-0.2, -0.15) is 5.10 Å². The molecule has 8 heteroatoms. The van der Waals surface area contributed by atoms with E-state index in [2.05, 4.69) is 16.3 Å². The van der Waals surface area contributed by atoms with E-state index in [0.29, 0.717) is 25.4 Å². The number of amides is 1. The van der Waals surface area contributed by atoms with Crippen LogP contribution in [0.4, 0.5) is 0 Å². The molecule has 1 heterocycles. The minimum Gasteiger partial charge on any atom is -0.383 e. The molecule has 2 N–H and O–H groups in total. The summed E-state index contributed by atoms with van der Waals surface area (Å²) in [4.78, 5) is 14.9. The molecule has 158 valence electrons. The number of aromatic nitrogens is 2. The van der Waals surface area contributed by atoms with Crippen LogP contribution in [-0.4, -0.2) is 53.9 Å². The van der Waals surface area contributed by atoms with E-state index in [-0.39, 0.29) is 29.8 Å². The van der Waals surface area contributed by atoms with Gasteiger partial charge < -0.3 is 15.4 Å². The van der Waals surface area contributed by atoms with Gasteiger partial charge in [0.2, 0.25) is 0 Å². The maximum atomic E-state index is 13.0. The van der Waals surface area contributed by atoms with E-state index in [9.17, 15) is 4.79 Å². The summed E-state index contributed by atoms with van der Waals surface area (Å²) in [6, 6.07) is 11.5. The number of carbonyl (C=O) groups is 1. The summed E-state index contributed by atoms with van der Waals surface area (Å²) in [6.07, 6.45) is 5.13. The van der Waals surface area contributed by atoms with Crippen molar-refractivity contribution in [1.82, 2.24) is 15.1 Å². The Balaban J connectivity index is 0.00000300. The smallest absolute Gasteiger partial charge is 0.274 e. The highest BCUT2D eigenvalue weighted by Gasteiger charge is 2.38. The third-order valence-electron chi connectivity index (χ3n) is 5.77. The maximum Gasteiger partial charge on any atom is 0.274 e. The van der Waals surface area contributed by atoms with E-state index >= 15 is 0 Å².